The summed E-state index contributed by atoms with van der Waals surface area (Å²) < 4.78 is 26.4. The summed E-state index contributed by atoms with van der Waals surface area (Å²) in [4.78, 5) is 13.5. The van der Waals surface area contributed by atoms with Gasteiger partial charge in [-0.1, -0.05) is 0 Å². The molecule has 0 saturated carbocycles. The topological polar surface area (TPSA) is 20.3 Å². The third-order valence-corrected chi connectivity index (χ3v) is 3.29. The molecule has 1 aliphatic rings. The smallest absolute Gasteiger partial charge is 0.245 e. The SMILES string of the molecule is O=C(C(Cl)c1cc(F)ccc1F)N1CCCC1. The minimum atomic E-state index is -1.15. The van der Waals surface area contributed by atoms with Crippen LogP contribution in [0.25, 0.3) is 0 Å². The first-order chi connectivity index (χ1) is 8.09. The summed E-state index contributed by atoms with van der Waals surface area (Å²) in [5, 5.41) is -1.15. The van der Waals surface area contributed by atoms with Gasteiger partial charge < -0.3 is 4.90 Å². The summed E-state index contributed by atoms with van der Waals surface area (Å²) in [6.45, 7) is 1.28. The number of hydrogen-bond donors (Lipinski definition) is 0. The summed E-state index contributed by atoms with van der Waals surface area (Å²) in [7, 11) is 0. The second kappa shape index (κ2) is 5.00. The third kappa shape index (κ3) is 2.57. The molecule has 2 nitrogen and oxygen atoms in total. The summed E-state index contributed by atoms with van der Waals surface area (Å²) in [6, 6.07) is 2.96. The van der Waals surface area contributed by atoms with Gasteiger partial charge in [0.2, 0.25) is 5.91 Å². The van der Waals surface area contributed by atoms with Crippen LogP contribution in [0.5, 0.6) is 0 Å². The van der Waals surface area contributed by atoms with Crippen LogP contribution in [-0.2, 0) is 4.79 Å². The number of nitrogens with zero attached hydrogens (tertiary/aromatic N) is 1. The lowest BCUT2D eigenvalue weighted by atomic mass is 10.1. The first kappa shape index (κ1) is 12.3. The van der Waals surface area contributed by atoms with E-state index in [4.69, 9.17) is 11.6 Å². The van der Waals surface area contributed by atoms with E-state index in [-0.39, 0.29) is 11.5 Å². The molecule has 0 N–H and O–H groups in total. The number of carbonyl (C=O) groups excluding carboxylic acids is 1. The minimum absolute atomic E-state index is 0.0939. The van der Waals surface area contributed by atoms with E-state index in [0.717, 1.165) is 31.0 Å². The van der Waals surface area contributed by atoms with E-state index in [1.807, 2.05) is 0 Å². The van der Waals surface area contributed by atoms with Crippen molar-refractivity contribution >= 4 is 17.5 Å². The van der Waals surface area contributed by atoms with Gasteiger partial charge in [-0.15, -0.1) is 11.6 Å². The van der Waals surface area contributed by atoms with Crippen molar-refractivity contribution in [3.63, 3.8) is 0 Å². The van der Waals surface area contributed by atoms with Crippen LogP contribution in [0, 0.1) is 11.6 Å². The first-order valence-corrected chi connectivity index (χ1v) is 5.91. The maximum atomic E-state index is 13.4. The summed E-state index contributed by atoms with van der Waals surface area (Å²) in [5.41, 5.74) is -0.0939. The quantitative estimate of drug-likeness (QED) is 0.748. The van der Waals surface area contributed by atoms with Crippen molar-refractivity contribution in [3.05, 3.63) is 35.4 Å². The predicted octanol–water partition coefficient (Wildman–Crippen LogP) is 2.87. The van der Waals surface area contributed by atoms with Crippen molar-refractivity contribution in [1.82, 2.24) is 4.90 Å². The Morgan fingerprint density at radius 2 is 1.94 bits per heavy atom. The van der Waals surface area contributed by atoms with Gasteiger partial charge in [0.15, 0.2) is 0 Å². The fraction of sp³-hybridized carbons (Fsp3) is 0.417. The van der Waals surface area contributed by atoms with Crippen LogP contribution in [0.15, 0.2) is 18.2 Å². The maximum absolute atomic E-state index is 13.4. The number of benzene rings is 1. The monoisotopic (exact) mass is 259 g/mol. The molecule has 0 radical (unpaired) electrons. The number of halogens is 3. The van der Waals surface area contributed by atoms with E-state index in [1.54, 1.807) is 4.90 Å². The lowest BCUT2D eigenvalue weighted by Crippen LogP contribution is -2.31. The second-order valence-electron chi connectivity index (χ2n) is 4.06. The standard InChI is InChI=1S/C12H12ClF2NO/c13-11(12(17)16-5-1-2-6-16)9-7-8(14)3-4-10(9)15/h3-4,7,11H,1-2,5-6H2. The molecule has 1 heterocycles. The number of amides is 1. The van der Waals surface area contributed by atoms with Crippen LogP contribution in [0.1, 0.15) is 23.8 Å². The lowest BCUT2D eigenvalue weighted by molar-refractivity contribution is -0.129. The molecule has 17 heavy (non-hydrogen) atoms. The van der Waals surface area contributed by atoms with E-state index in [2.05, 4.69) is 0 Å². The van der Waals surface area contributed by atoms with Crippen molar-refractivity contribution in [1.29, 1.82) is 0 Å². The normalized spacial score (nSPS) is 17.2. The van der Waals surface area contributed by atoms with Gasteiger partial charge in [0.25, 0.3) is 0 Å². The van der Waals surface area contributed by atoms with Crippen LogP contribution in [-0.4, -0.2) is 23.9 Å². The Bertz CT molecular complexity index is 433. The van der Waals surface area contributed by atoms with Gasteiger partial charge >= 0.3 is 0 Å². The van der Waals surface area contributed by atoms with E-state index in [1.165, 1.54) is 0 Å². The van der Waals surface area contributed by atoms with Gasteiger partial charge in [0, 0.05) is 18.7 Å². The minimum Gasteiger partial charge on any atom is -0.341 e. The van der Waals surface area contributed by atoms with Crippen molar-refractivity contribution in [2.45, 2.75) is 18.2 Å². The zero-order valence-corrected chi connectivity index (χ0v) is 9.88. The predicted molar refractivity (Wildman–Crippen MR) is 60.8 cm³/mol. The van der Waals surface area contributed by atoms with Gasteiger partial charge in [-0.25, -0.2) is 8.78 Å². The fourth-order valence-corrected chi connectivity index (χ4v) is 2.24. The van der Waals surface area contributed by atoms with E-state index < -0.39 is 17.0 Å². The Morgan fingerprint density at radius 3 is 2.59 bits per heavy atom. The lowest BCUT2D eigenvalue weighted by Gasteiger charge is -2.19. The van der Waals surface area contributed by atoms with Gasteiger partial charge in [-0.2, -0.15) is 0 Å². The molecule has 1 aliphatic heterocycles. The van der Waals surface area contributed by atoms with E-state index >= 15 is 0 Å². The summed E-state index contributed by atoms with van der Waals surface area (Å²) in [6.07, 6.45) is 1.86. The highest BCUT2D eigenvalue weighted by molar-refractivity contribution is 6.30. The Morgan fingerprint density at radius 1 is 1.29 bits per heavy atom. The van der Waals surface area contributed by atoms with Gasteiger partial charge in [0.1, 0.15) is 17.0 Å². The molecular weight excluding hydrogens is 248 g/mol. The number of alkyl halides is 1. The largest absolute Gasteiger partial charge is 0.341 e. The molecule has 1 aromatic carbocycles. The molecule has 1 fully saturated rings. The number of likely N-dealkylation sites (tertiary alicyclic amines) is 1. The maximum Gasteiger partial charge on any atom is 0.245 e. The molecule has 1 amide bonds. The zero-order valence-electron chi connectivity index (χ0n) is 9.13. The number of carbonyl (C=O) groups is 1. The number of hydrogen-bond acceptors (Lipinski definition) is 1. The Hall–Kier alpha value is -1.16. The first-order valence-electron chi connectivity index (χ1n) is 5.47. The van der Waals surface area contributed by atoms with Crippen LogP contribution < -0.4 is 0 Å². The Balaban J connectivity index is 2.20. The molecule has 1 unspecified atom stereocenters. The summed E-state index contributed by atoms with van der Waals surface area (Å²) >= 11 is 5.92. The number of rotatable bonds is 2. The highest BCUT2D eigenvalue weighted by atomic mass is 35.5. The zero-order chi connectivity index (χ0) is 12.4. The second-order valence-corrected chi connectivity index (χ2v) is 4.50. The molecular formula is C12H12ClF2NO. The van der Waals surface area contributed by atoms with E-state index in [0.29, 0.717) is 13.1 Å². The van der Waals surface area contributed by atoms with E-state index in [9.17, 15) is 13.6 Å². The molecule has 92 valence electrons. The fourth-order valence-electron chi connectivity index (χ4n) is 1.94. The van der Waals surface area contributed by atoms with Crippen molar-refractivity contribution < 1.29 is 13.6 Å². The van der Waals surface area contributed by atoms with Crippen LogP contribution >= 0.6 is 11.6 Å². The van der Waals surface area contributed by atoms with Crippen LogP contribution in [0.3, 0.4) is 0 Å². The van der Waals surface area contributed by atoms with Gasteiger partial charge in [-0.3, -0.25) is 4.79 Å². The molecule has 2 rings (SSSR count). The molecule has 0 spiro atoms. The van der Waals surface area contributed by atoms with Crippen LogP contribution in [0.2, 0.25) is 0 Å². The third-order valence-electron chi connectivity index (χ3n) is 2.87. The van der Waals surface area contributed by atoms with Crippen molar-refractivity contribution in [3.8, 4) is 0 Å². The Kier molecular flexibility index (Phi) is 3.62. The van der Waals surface area contributed by atoms with Crippen LogP contribution in [0.4, 0.5) is 8.78 Å². The molecule has 5 heteroatoms. The molecule has 1 aromatic rings. The van der Waals surface area contributed by atoms with Gasteiger partial charge in [0.05, 0.1) is 0 Å². The summed E-state index contributed by atoms with van der Waals surface area (Å²) in [5.74, 6) is -1.60. The Labute approximate surface area is 103 Å². The average molecular weight is 260 g/mol. The highest BCUT2D eigenvalue weighted by Crippen LogP contribution is 2.27. The average Bonchev–Trinajstić information content (AvgIpc) is 2.84. The van der Waals surface area contributed by atoms with Crippen molar-refractivity contribution in [2.75, 3.05) is 13.1 Å². The highest BCUT2D eigenvalue weighted by Gasteiger charge is 2.28. The van der Waals surface area contributed by atoms with Gasteiger partial charge in [-0.05, 0) is 31.0 Å². The molecule has 1 atom stereocenters. The molecule has 1 saturated heterocycles. The molecule has 0 aromatic heterocycles. The van der Waals surface area contributed by atoms with Crippen molar-refractivity contribution in [2.24, 2.45) is 0 Å². The molecule has 0 bridgehead atoms. The molecule has 0 aliphatic carbocycles.